The topological polar surface area (TPSA) is 35.5 Å². The molecule has 0 radical (unpaired) electrons. The Hall–Kier alpha value is -1.51. The summed E-state index contributed by atoms with van der Waals surface area (Å²) in [6.07, 6.45) is 3.99. The maximum absolute atomic E-state index is 11.7. The Kier molecular flexibility index (Phi) is 7.27. The van der Waals surface area contributed by atoms with E-state index >= 15 is 0 Å². The quantitative estimate of drug-likeness (QED) is 0.681. The van der Waals surface area contributed by atoms with Crippen LogP contribution in [0, 0.1) is 11.8 Å². The van der Waals surface area contributed by atoms with Crippen LogP contribution in [0.2, 0.25) is 0 Å². The van der Waals surface area contributed by atoms with E-state index in [1.54, 1.807) is 21.1 Å². The molecule has 0 spiro atoms. The number of hydrogen-bond donors (Lipinski definition) is 0. The largest absolute Gasteiger partial charge is 0.493 e. The number of methoxy groups -OCH3 is 2. The highest BCUT2D eigenvalue weighted by atomic mass is 16.5. The molecule has 0 heterocycles. The van der Waals surface area contributed by atoms with Crippen LogP contribution in [0.5, 0.6) is 11.5 Å². The monoisotopic (exact) mass is 292 g/mol. The van der Waals surface area contributed by atoms with Crippen molar-refractivity contribution in [3.8, 4) is 11.5 Å². The smallest absolute Gasteiger partial charge is 0.160 e. The van der Waals surface area contributed by atoms with E-state index in [-0.39, 0.29) is 5.92 Å². The lowest BCUT2D eigenvalue weighted by molar-refractivity contribution is -0.122. The first kappa shape index (κ1) is 17.5. The van der Waals surface area contributed by atoms with Gasteiger partial charge in [-0.15, -0.1) is 0 Å². The average Bonchev–Trinajstić information content (AvgIpc) is 2.50. The summed E-state index contributed by atoms with van der Waals surface area (Å²) < 4.78 is 10.6. The van der Waals surface area contributed by atoms with Gasteiger partial charge in [0, 0.05) is 5.92 Å². The zero-order valence-corrected chi connectivity index (χ0v) is 13.9. The Morgan fingerprint density at radius 3 is 2.38 bits per heavy atom. The third-order valence-corrected chi connectivity index (χ3v) is 4.28. The van der Waals surface area contributed by atoms with Crippen molar-refractivity contribution in [2.45, 2.75) is 46.5 Å². The minimum Gasteiger partial charge on any atom is -0.493 e. The zero-order valence-electron chi connectivity index (χ0n) is 13.9. The number of ketones is 1. The second-order valence-corrected chi connectivity index (χ2v) is 5.68. The van der Waals surface area contributed by atoms with Gasteiger partial charge in [0.05, 0.1) is 14.2 Å². The molecule has 1 aromatic carbocycles. The normalized spacial score (nSPS) is 13.6. The molecule has 0 amide bonds. The molecule has 0 bridgehead atoms. The molecule has 0 aromatic heterocycles. The number of aryl methyl sites for hydroxylation is 1. The number of ether oxygens (including phenoxy) is 2. The fourth-order valence-electron chi connectivity index (χ4n) is 2.74. The van der Waals surface area contributed by atoms with Crippen LogP contribution in [0.25, 0.3) is 0 Å². The van der Waals surface area contributed by atoms with E-state index in [1.807, 2.05) is 12.1 Å². The van der Waals surface area contributed by atoms with Gasteiger partial charge in [-0.1, -0.05) is 26.3 Å². The van der Waals surface area contributed by atoms with Gasteiger partial charge in [-0.05, 0) is 49.8 Å². The summed E-state index contributed by atoms with van der Waals surface area (Å²) in [5.41, 5.74) is 1.22. The fourth-order valence-corrected chi connectivity index (χ4v) is 2.74. The van der Waals surface area contributed by atoms with Crippen molar-refractivity contribution in [2.75, 3.05) is 14.2 Å². The summed E-state index contributed by atoms with van der Waals surface area (Å²) in [7, 11) is 3.29. The predicted molar refractivity (Wildman–Crippen MR) is 86.1 cm³/mol. The summed E-state index contributed by atoms with van der Waals surface area (Å²) in [5, 5.41) is 0. The fraction of sp³-hybridized carbons (Fsp3) is 0.611. The van der Waals surface area contributed by atoms with Crippen molar-refractivity contribution < 1.29 is 14.3 Å². The summed E-state index contributed by atoms with van der Waals surface area (Å²) in [6, 6.07) is 6.02. The maximum atomic E-state index is 11.7. The lowest BCUT2D eigenvalue weighted by atomic mass is 9.84. The standard InChI is InChI=1S/C18H28O3/c1-6-13(2)16(14(3)19)9-7-8-15-10-11-17(20-4)18(12-15)21-5/h10-13,16H,6-9H2,1-5H3/t13?,16-/m0/s1. The molecule has 1 aromatic rings. The number of benzene rings is 1. The third-order valence-electron chi connectivity index (χ3n) is 4.28. The van der Waals surface area contributed by atoms with Crippen LogP contribution in [0.3, 0.4) is 0 Å². The Morgan fingerprint density at radius 1 is 1.19 bits per heavy atom. The van der Waals surface area contributed by atoms with Crippen molar-refractivity contribution in [2.24, 2.45) is 11.8 Å². The molecule has 0 fully saturated rings. The highest BCUT2D eigenvalue weighted by Gasteiger charge is 2.19. The second kappa shape index (κ2) is 8.71. The van der Waals surface area contributed by atoms with E-state index in [2.05, 4.69) is 19.9 Å². The minimum atomic E-state index is 0.190. The first-order chi connectivity index (χ1) is 10.0. The molecule has 0 saturated heterocycles. The average molecular weight is 292 g/mol. The molecule has 3 heteroatoms. The van der Waals surface area contributed by atoms with Crippen molar-refractivity contribution in [1.82, 2.24) is 0 Å². The van der Waals surface area contributed by atoms with E-state index in [9.17, 15) is 4.79 Å². The lowest BCUT2D eigenvalue weighted by Gasteiger charge is -2.20. The number of carbonyl (C=O) groups excluding carboxylic acids is 1. The van der Waals surface area contributed by atoms with Crippen LogP contribution in [-0.4, -0.2) is 20.0 Å². The van der Waals surface area contributed by atoms with Crippen LogP contribution in [-0.2, 0) is 11.2 Å². The van der Waals surface area contributed by atoms with Crippen LogP contribution >= 0.6 is 0 Å². The minimum absolute atomic E-state index is 0.190. The van der Waals surface area contributed by atoms with Gasteiger partial charge in [0.2, 0.25) is 0 Å². The molecule has 0 aliphatic heterocycles. The van der Waals surface area contributed by atoms with Crippen molar-refractivity contribution in [3.05, 3.63) is 23.8 Å². The van der Waals surface area contributed by atoms with Gasteiger partial charge < -0.3 is 9.47 Å². The van der Waals surface area contributed by atoms with Gasteiger partial charge in [0.25, 0.3) is 0 Å². The number of carbonyl (C=O) groups is 1. The maximum Gasteiger partial charge on any atom is 0.160 e. The Bertz CT molecular complexity index is 454. The van der Waals surface area contributed by atoms with Crippen LogP contribution in [0.15, 0.2) is 18.2 Å². The highest BCUT2D eigenvalue weighted by Crippen LogP contribution is 2.29. The predicted octanol–water partition coefficient (Wildman–Crippen LogP) is 4.28. The first-order valence-electron chi connectivity index (χ1n) is 7.74. The molecule has 2 atom stereocenters. The van der Waals surface area contributed by atoms with Crippen LogP contribution in [0.1, 0.15) is 45.6 Å². The van der Waals surface area contributed by atoms with Crippen LogP contribution < -0.4 is 9.47 Å². The summed E-state index contributed by atoms with van der Waals surface area (Å²) in [6.45, 7) is 6.03. The van der Waals surface area contributed by atoms with E-state index in [4.69, 9.17) is 9.47 Å². The van der Waals surface area contributed by atoms with E-state index in [0.29, 0.717) is 11.7 Å². The summed E-state index contributed by atoms with van der Waals surface area (Å²) in [5.74, 6) is 2.49. The van der Waals surface area contributed by atoms with Gasteiger partial charge in [-0.3, -0.25) is 4.79 Å². The van der Waals surface area contributed by atoms with Gasteiger partial charge in [0.15, 0.2) is 11.5 Å². The van der Waals surface area contributed by atoms with Gasteiger partial charge in [0.1, 0.15) is 5.78 Å². The van der Waals surface area contributed by atoms with Gasteiger partial charge >= 0.3 is 0 Å². The molecular weight excluding hydrogens is 264 g/mol. The first-order valence-corrected chi connectivity index (χ1v) is 7.74. The zero-order chi connectivity index (χ0) is 15.8. The van der Waals surface area contributed by atoms with Gasteiger partial charge in [-0.25, -0.2) is 0 Å². The van der Waals surface area contributed by atoms with Gasteiger partial charge in [-0.2, -0.15) is 0 Å². The van der Waals surface area contributed by atoms with E-state index < -0.39 is 0 Å². The Morgan fingerprint density at radius 2 is 1.86 bits per heavy atom. The second-order valence-electron chi connectivity index (χ2n) is 5.68. The molecule has 1 unspecified atom stereocenters. The summed E-state index contributed by atoms with van der Waals surface area (Å²) >= 11 is 0. The highest BCUT2D eigenvalue weighted by molar-refractivity contribution is 5.78. The summed E-state index contributed by atoms with van der Waals surface area (Å²) in [4.78, 5) is 11.7. The molecule has 3 nitrogen and oxygen atoms in total. The molecule has 0 saturated carbocycles. The molecule has 0 N–H and O–H groups in total. The molecule has 1 rings (SSSR count). The number of hydrogen-bond acceptors (Lipinski definition) is 3. The van der Waals surface area contributed by atoms with E-state index in [0.717, 1.165) is 37.2 Å². The Balaban J connectivity index is 2.60. The van der Waals surface area contributed by atoms with Crippen molar-refractivity contribution in [1.29, 1.82) is 0 Å². The van der Waals surface area contributed by atoms with Crippen molar-refractivity contribution in [3.63, 3.8) is 0 Å². The molecule has 21 heavy (non-hydrogen) atoms. The molecule has 0 aliphatic rings. The third kappa shape index (κ3) is 5.07. The lowest BCUT2D eigenvalue weighted by Crippen LogP contribution is -2.19. The molecular formula is C18H28O3. The number of Topliss-reactive ketones (excluding diaryl/α,β-unsaturated/α-hetero) is 1. The van der Waals surface area contributed by atoms with Crippen molar-refractivity contribution >= 4 is 5.78 Å². The van der Waals surface area contributed by atoms with Crippen LogP contribution in [0.4, 0.5) is 0 Å². The Labute approximate surface area is 128 Å². The molecule has 118 valence electrons. The number of rotatable bonds is 9. The molecule has 0 aliphatic carbocycles. The SMILES string of the molecule is CCC(C)[C@H](CCCc1ccc(OC)c(OC)c1)C(C)=O. The van der Waals surface area contributed by atoms with E-state index in [1.165, 1.54) is 5.56 Å².